The summed E-state index contributed by atoms with van der Waals surface area (Å²) < 4.78 is 33.3. The van der Waals surface area contributed by atoms with E-state index in [1.54, 1.807) is 32.3 Å². The number of ether oxygens (including phenoxy) is 1. The van der Waals surface area contributed by atoms with E-state index in [0.717, 1.165) is 22.4 Å². The number of amides is 1. The fraction of sp³-hybridized carbons (Fsp3) is 0.190. The Morgan fingerprint density at radius 3 is 2.71 bits per heavy atom. The van der Waals surface area contributed by atoms with Crippen LogP contribution in [0.25, 0.3) is 5.69 Å². The van der Waals surface area contributed by atoms with Gasteiger partial charge in [0.1, 0.15) is 22.3 Å². The number of carbonyl (C=O) groups is 1. The number of benzene rings is 2. The minimum atomic E-state index is -0.934. The maximum Gasteiger partial charge on any atom is 0.292 e. The standard InChI is InChI=1S/C21H19ClF2N4O3/c1-27(2)19(29)12-31-15-5-3-4-13(8-15)10-25-17-11-26-28(21(30)20(17)22)18-7-6-14(23)9-16(18)24/h3-9,11,25H,10,12H2,1-2H3. The molecule has 0 radical (unpaired) electrons. The minimum Gasteiger partial charge on any atom is -0.484 e. The van der Waals surface area contributed by atoms with Crippen molar-refractivity contribution in [3.63, 3.8) is 0 Å². The molecule has 2 aromatic carbocycles. The third-order valence-electron chi connectivity index (χ3n) is 4.30. The van der Waals surface area contributed by atoms with E-state index < -0.39 is 17.2 Å². The van der Waals surface area contributed by atoms with E-state index in [9.17, 15) is 18.4 Å². The predicted octanol–water partition coefficient (Wildman–Crippen LogP) is 3.24. The molecule has 7 nitrogen and oxygen atoms in total. The van der Waals surface area contributed by atoms with Crippen molar-refractivity contribution in [2.45, 2.75) is 6.54 Å². The zero-order chi connectivity index (χ0) is 22.5. The molecule has 0 spiro atoms. The lowest BCUT2D eigenvalue weighted by Gasteiger charge is -2.13. The fourth-order valence-electron chi connectivity index (χ4n) is 2.60. The van der Waals surface area contributed by atoms with Crippen LogP contribution in [-0.4, -0.2) is 41.3 Å². The van der Waals surface area contributed by atoms with Crippen LogP contribution >= 0.6 is 11.6 Å². The number of hydrogen-bond donors (Lipinski definition) is 1. The second kappa shape index (κ2) is 9.57. The van der Waals surface area contributed by atoms with E-state index in [0.29, 0.717) is 11.8 Å². The van der Waals surface area contributed by atoms with E-state index in [4.69, 9.17) is 16.3 Å². The number of halogens is 3. The molecular weight excluding hydrogens is 430 g/mol. The second-order valence-corrected chi connectivity index (χ2v) is 7.14. The first-order valence-electron chi connectivity index (χ1n) is 9.15. The molecule has 3 rings (SSSR count). The second-order valence-electron chi connectivity index (χ2n) is 6.76. The van der Waals surface area contributed by atoms with Gasteiger partial charge in [-0.1, -0.05) is 23.7 Å². The highest BCUT2D eigenvalue weighted by atomic mass is 35.5. The van der Waals surface area contributed by atoms with Crippen molar-refractivity contribution >= 4 is 23.2 Å². The number of nitrogens with zero attached hydrogens (tertiary/aromatic N) is 3. The maximum atomic E-state index is 14.0. The molecular formula is C21H19ClF2N4O3. The van der Waals surface area contributed by atoms with Crippen LogP contribution in [-0.2, 0) is 11.3 Å². The fourth-order valence-corrected chi connectivity index (χ4v) is 2.79. The van der Waals surface area contributed by atoms with Crippen molar-refractivity contribution in [1.29, 1.82) is 0 Å². The quantitative estimate of drug-likeness (QED) is 0.600. The van der Waals surface area contributed by atoms with Gasteiger partial charge >= 0.3 is 0 Å². The van der Waals surface area contributed by atoms with Crippen molar-refractivity contribution < 1.29 is 18.3 Å². The number of carbonyl (C=O) groups excluding carboxylic acids is 1. The number of rotatable bonds is 7. The van der Waals surface area contributed by atoms with E-state index in [1.165, 1.54) is 11.1 Å². The van der Waals surface area contributed by atoms with Gasteiger partial charge in [0.25, 0.3) is 11.5 Å². The third-order valence-corrected chi connectivity index (χ3v) is 4.66. The average molecular weight is 449 g/mol. The van der Waals surface area contributed by atoms with Crippen LogP contribution in [0.1, 0.15) is 5.56 Å². The summed E-state index contributed by atoms with van der Waals surface area (Å²) in [6.07, 6.45) is 1.28. The van der Waals surface area contributed by atoms with Gasteiger partial charge in [-0.15, -0.1) is 0 Å². The molecule has 0 aliphatic rings. The van der Waals surface area contributed by atoms with Crippen LogP contribution in [0.15, 0.2) is 53.5 Å². The molecule has 0 saturated heterocycles. The van der Waals surface area contributed by atoms with Gasteiger partial charge in [-0.05, 0) is 29.8 Å². The SMILES string of the molecule is CN(C)C(=O)COc1cccc(CNc2cnn(-c3ccc(F)cc3F)c(=O)c2Cl)c1. The number of aromatic nitrogens is 2. The van der Waals surface area contributed by atoms with Gasteiger partial charge in [0.2, 0.25) is 0 Å². The zero-order valence-electron chi connectivity index (χ0n) is 16.7. The highest BCUT2D eigenvalue weighted by Crippen LogP contribution is 2.20. The zero-order valence-corrected chi connectivity index (χ0v) is 17.5. The van der Waals surface area contributed by atoms with Gasteiger partial charge in [0.05, 0.1) is 11.9 Å². The molecule has 0 fully saturated rings. The summed E-state index contributed by atoms with van der Waals surface area (Å²) in [5.74, 6) is -1.35. The summed E-state index contributed by atoms with van der Waals surface area (Å²) in [6.45, 7) is 0.201. The molecule has 0 aliphatic heterocycles. The Bertz CT molecular complexity index is 1170. The van der Waals surface area contributed by atoms with Crippen LogP contribution in [0, 0.1) is 11.6 Å². The van der Waals surface area contributed by atoms with Gasteiger partial charge in [-0.25, -0.2) is 8.78 Å². The topological polar surface area (TPSA) is 76.5 Å². The number of hydrogen-bond acceptors (Lipinski definition) is 5. The molecule has 0 unspecified atom stereocenters. The molecule has 10 heteroatoms. The molecule has 31 heavy (non-hydrogen) atoms. The molecule has 0 aliphatic carbocycles. The molecule has 1 heterocycles. The monoisotopic (exact) mass is 448 g/mol. The van der Waals surface area contributed by atoms with Crippen molar-refractivity contribution in [1.82, 2.24) is 14.7 Å². The van der Waals surface area contributed by atoms with Crippen molar-refractivity contribution in [2.75, 3.05) is 26.0 Å². The van der Waals surface area contributed by atoms with Crippen LogP contribution < -0.4 is 15.6 Å². The molecule has 3 aromatic rings. The normalized spacial score (nSPS) is 10.6. The first-order valence-corrected chi connectivity index (χ1v) is 9.53. The summed E-state index contributed by atoms with van der Waals surface area (Å²) in [6, 6.07) is 9.84. The summed E-state index contributed by atoms with van der Waals surface area (Å²) >= 11 is 6.14. The van der Waals surface area contributed by atoms with E-state index in [2.05, 4.69) is 10.4 Å². The molecule has 1 aromatic heterocycles. The highest BCUT2D eigenvalue weighted by molar-refractivity contribution is 6.32. The van der Waals surface area contributed by atoms with E-state index in [1.807, 2.05) is 6.07 Å². The van der Waals surface area contributed by atoms with Crippen molar-refractivity contribution in [2.24, 2.45) is 0 Å². The highest BCUT2D eigenvalue weighted by Gasteiger charge is 2.14. The summed E-state index contributed by atoms with van der Waals surface area (Å²) in [7, 11) is 3.28. The Labute approximate surface area is 181 Å². The minimum absolute atomic E-state index is 0.0855. The first-order chi connectivity index (χ1) is 14.8. The Morgan fingerprint density at radius 1 is 1.23 bits per heavy atom. The first kappa shape index (κ1) is 22.2. The van der Waals surface area contributed by atoms with Crippen LogP contribution in [0.2, 0.25) is 5.02 Å². The van der Waals surface area contributed by atoms with Gasteiger partial charge in [-0.2, -0.15) is 9.78 Å². The Kier molecular flexibility index (Phi) is 6.86. The van der Waals surface area contributed by atoms with Crippen molar-refractivity contribution in [3.05, 3.63) is 81.2 Å². The largest absolute Gasteiger partial charge is 0.484 e. The Hall–Kier alpha value is -3.46. The van der Waals surface area contributed by atoms with Gasteiger partial charge in [0.15, 0.2) is 12.4 Å². The van der Waals surface area contributed by atoms with Gasteiger partial charge in [-0.3, -0.25) is 9.59 Å². The van der Waals surface area contributed by atoms with Crippen LogP contribution in [0.4, 0.5) is 14.5 Å². The van der Waals surface area contributed by atoms with Crippen molar-refractivity contribution in [3.8, 4) is 11.4 Å². The van der Waals surface area contributed by atoms with E-state index in [-0.39, 0.29) is 35.5 Å². The van der Waals surface area contributed by atoms with Gasteiger partial charge < -0.3 is 15.0 Å². The Morgan fingerprint density at radius 2 is 2.00 bits per heavy atom. The lowest BCUT2D eigenvalue weighted by atomic mass is 10.2. The average Bonchev–Trinajstić information content (AvgIpc) is 2.74. The molecule has 0 saturated carbocycles. The smallest absolute Gasteiger partial charge is 0.292 e. The van der Waals surface area contributed by atoms with Crippen LogP contribution in [0.3, 0.4) is 0 Å². The summed E-state index contributed by atoms with van der Waals surface area (Å²) in [5, 5.41) is 6.72. The number of nitrogens with one attached hydrogen (secondary N) is 1. The summed E-state index contributed by atoms with van der Waals surface area (Å²) in [5.41, 5.74) is 0.0904. The number of anilines is 1. The molecule has 0 bridgehead atoms. The van der Waals surface area contributed by atoms with Crippen LogP contribution in [0.5, 0.6) is 5.75 Å². The lowest BCUT2D eigenvalue weighted by molar-refractivity contribution is -0.130. The number of likely N-dealkylation sites (N-methyl/N-ethyl adjacent to an activating group) is 1. The third kappa shape index (κ3) is 5.37. The molecule has 0 atom stereocenters. The Balaban J connectivity index is 1.73. The maximum absolute atomic E-state index is 14.0. The summed E-state index contributed by atoms with van der Waals surface area (Å²) in [4.78, 5) is 25.6. The molecule has 162 valence electrons. The molecule has 1 N–H and O–H groups in total. The predicted molar refractivity (Wildman–Crippen MR) is 113 cm³/mol. The lowest BCUT2D eigenvalue weighted by Crippen LogP contribution is -2.27. The molecule has 1 amide bonds. The van der Waals surface area contributed by atoms with Gasteiger partial charge in [0, 0.05) is 26.7 Å². The van der Waals surface area contributed by atoms with E-state index >= 15 is 0 Å².